The molecule has 2 aliphatic heterocycles. The minimum Gasteiger partial charge on any atom is -0.463 e. The lowest BCUT2D eigenvalue weighted by atomic mass is 9.96. The zero-order valence-electron chi connectivity index (χ0n) is 31.8. The van der Waals surface area contributed by atoms with Crippen LogP contribution in [0.2, 0.25) is 5.02 Å². The molecule has 310 valence electrons. The van der Waals surface area contributed by atoms with Gasteiger partial charge in [0, 0.05) is 61.1 Å². The summed E-state index contributed by atoms with van der Waals surface area (Å²) in [6.45, 7) is 7.74. The molecule has 1 aromatic carbocycles. The average molecular weight is 834 g/mol. The van der Waals surface area contributed by atoms with Crippen LogP contribution in [0.4, 0.5) is 5.69 Å². The number of carbonyl (C=O) groups is 8. The lowest BCUT2D eigenvalue weighted by molar-refractivity contribution is -0.341. The molecular formula is C35H44ClNO18S. The fraction of sp³-hybridized carbons (Fsp3) is 0.600. The summed E-state index contributed by atoms with van der Waals surface area (Å²) in [7, 11) is 0. The zero-order chi connectivity index (χ0) is 41.9. The third-order valence-corrected chi connectivity index (χ3v) is 9.18. The number of amides is 1. The van der Waals surface area contributed by atoms with Gasteiger partial charge in [-0.2, -0.15) is 0 Å². The molecule has 10 atom stereocenters. The monoisotopic (exact) mass is 833 g/mol. The molecule has 2 fully saturated rings. The second-order valence-electron chi connectivity index (χ2n) is 12.5. The highest BCUT2D eigenvalue weighted by molar-refractivity contribution is 7.99. The first kappa shape index (κ1) is 45.9. The van der Waals surface area contributed by atoms with Gasteiger partial charge in [-0.3, -0.25) is 38.4 Å². The average Bonchev–Trinajstić information content (AvgIpc) is 3.06. The van der Waals surface area contributed by atoms with Crippen LogP contribution in [0.5, 0.6) is 0 Å². The van der Waals surface area contributed by atoms with Crippen molar-refractivity contribution in [1.29, 1.82) is 0 Å². The Morgan fingerprint density at radius 3 is 1.57 bits per heavy atom. The van der Waals surface area contributed by atoms with Crippen molar-refractivity contribution >= 4 is 76.7 Å². The topological polar surface area (TPSA) is 241 Å². The van der Waals surface area contributed by atoms with Crippen molar-refractivity contribution in [3.63, 3.8) is 0 Å². The molecule has 2 saturated heterocycles. The van der Waals surface area contributed by atoms with E-state index in [9.17, 15) is 38.4 Å². The largest absolute Gasteiger partial charge is 0.463 e. The molecule has 0 spiro atoms. The molecule has 19 nitrogen and oxygen atoms in total. The maximum Gasteiger partial charge on any atom is 0.303 e. The van der Waals surface area contributed by atoms with Gasteiger partial charge in [-0.1, -0.05) is 17.7 Å². The van der Waals surface area contributed by atoms with Gasteiger partial charge >= 0.3 is 41.8 Å². The smallest absolute Gasteiger partial charge is 0.303 e. The number of nitrogens with one attached hydrogen (secondary N) is 1. The summed E-state index contributed by atoms with van der Waals surface area (Å²) in [5.74, 6) is -6.05. The number of esters is 7. The third-order valence-electron chi connectivity index (χ3n) is 7.64. The van der Waals surface area contributed by atoms with Crippen molar-refractivity contribution in [3.8, 4) is 0 Å². The highest BCUT2D eigenvalue weighted by Gasteiger charge is 2.57. The summed E-state index contributed by atoms with van der Waals surface area (Å²) < 4.78 is 57.1. The first-order chi connectivity index (χ1) is 26.2. The SMILES string of the molecule is CC(=O)Nc1cc(CS[C@@H]2O[C@H](COC(C)=O)[C@@H](O[C@H]3O[C@H](COC(C)=O)[C@@H](OC(C)=O)[C@H](OC(C)=O)[C@H]3OC(C)=O)[C@H](OC(C)=O)[C@H]2OC(C)=O)ccc1Cl. The van der Waals surface area contributed by atoms with Crippen LogP contribution in [-0.2, 0) is 91.5 Å². The molecule has 56 heavy (non-hydrogen) atoms. The Morgan fingerprint density at radius 2 is 1.07 bits per heavy atom. The quantitative estimate of drug-likeness (QED) is 0.197. The van der Waals surface area contributed by atoms with E-state index < -0.39 is 116 Å². The summed E-state index contributed by atoms with van der Waals surface area (Å²) >= 11 is 7.33. The van der Waals surface area contributed by atoms with Gasteiger partial charge in [0.25, 0.3) is 0 Å². The Kier molecular flexibility index (Phi) is 17.3. The minimum atomic E-state index is -1.80. The molecule has 2 aliphatic rings. The summed E-state index contributed by atoms with van der Waals surface area (Å²) in [6.07, 6.45) is -13.9. The van der Waals surface area contributed by atoms with Crippen molar-refractivity contribution < 1.29 is 85.7 Å². The normalized spacial score (nSPS) is 27.1. The Morgan fingerprint density at radius 1 is 0.607 bits per heavy atom. The second-order valence-corrected chi connectivity index (χ2v) is 14.0. The number of ether oxygens (including phenoxy) is 10. The summed E-state index contributed by atoms with van der Waals surface area (Å²) in [4.78, 5) is 97.9. The van der Waals surface area contributed by atoms with Crippen LogP contribution in [-0.4, -0.2) is 121 Å². The number of hydrogen-bond donors (Lipinski definition) is 1. The number of hydrogen-bond acceptors (Lipinski definition) is 19. The number of anilines is 1. The fourth-order valence-electron chi connectivity index (χ4n) is 5.73. The Bertz CT molecular complexity index is 1640. The standard InChI is InChI=1S/C35H44ClNO18S/c1-15(38)37-25-11-23(9-10-24(25)36)14-56-35-33(52-22(8)45)31(50-20(6)43)29(27(54-35)13-47-17(3)40)55-34-32(51-21(7)44)30(49-19(5)42)28(48-18(4)41)26(53-34)12-46-16(2)39/h9-11,26-35H,12-14H2,1-8H3,(H,37,38)/t26-,27-,28-,29-,30+,31+,32-,33-,34-,35+/m1/s1. The molecular weight excluding hydrogens is 790 g/mol. The van der Waals surface area contributed by atoms with E-state index in [0.717, 1.165) is 60.2 Å². The molecule has 21 heteroatoms. The van der Waals surface area contributed by atoms with Crippen molar-refractivity contribution in [1.82, 2.24) is 0 Å². The molecule has 1 amide bonds. The van der Waals surface area contributed by atoms with Crippen molar-refractivity contribution in [3.05, 3.63) is 28.8 Å². The number of thioether (sulfide) groups is 1. The van der Waals surface area contributed by atoms with Crippen LogP contribution in [0.1, 0.15) is 61.0 Å². The second kappa shape index (κ2) is 21.1. The minimum absolute atomic E-state index is 0.157. The fourth-order valence-corrected chi connectivity index (χ4v) is 7.05. The Hall–Kier alpha value is -4.50. The van der Waals surface area contributed by atoms with Gasteiger partial charge in [0.15, 0.2) is 36.8 Å². The lowest BCUT2D eigenvalue weighted by Gasteiger charge is -2.48. The predicted molar refractivity (Wildman–Crippen MR) is 190 cm³/mol. The number of rotatable bonds is 15. The van der Waals surface area contributed by atoms with Crippen molar-refractivity contribution in [2.24, 2.45) is 0 Å². The molecule has 0 bridgehead atoms. The van der Waals surface area contributed by atoms with E-state index in [4.69, 9.17) is 59.0 Å². The summed E-state index contributed by atoms with van der Waals surface area (Å²) in [6, 6.07) is 4.87. The highest BCUT2D eigenvalue weighted by atomic mass is 35.5. The molecule has 3 rings (SSSR count). The zero-order valence-corrected chi connectivity index (χ0v) is 33.3. The van der Waals surface area contributed by atoms with E-state index in [1.165, 1.54) is 6.92 Å². The first-order valence-corrected chi connectivity index (χ1v) is 18.4. The molecule has 0 unspecified atom stereocenters. The highest BCUT2D eigenvalue weighted by Crippen LogP contribution is 2.39. The van der Waals surface area contributed by atoms with Crippen LogP contribution in [0.15, 0.2) is 18.2 Å². The number of benzene rings is 1. The molecule has 1 aromatic rings. The van der Waals surface area contributed by atoms with E-state index in [0.29, 0.717) is 11.3 Å². The van der Waals surface area contributed by atoms with Crippen molar-refractivity contribution in [2.45, 2.75) is 122 Å². The third kappa shape index (κ3) is 13.9. The van der Waals surface area contributed by atoms with Gasteiger partial charge in [-0.15, -0.1) is 11.8 Å². The van der Waals surface area contributed by atoms with Crippen LogP contribution in [0.3, 0.4) is 0 Å². The van der Waals surface area contributed by atoms with E-state index >= 15 is 0 Å². The van der Waals surface area contributed by atoms with Gasteiger partial charge in [0.05, 0.1) is 10.7 Å². The Labute approximate surface area is 330 Å². The molecule has 0 aromatic heterocycles. The lowest BCUT2D eigenvalue weighted by Crippen LogP contribution is -2.66. The van der Waals surface area contributed by atoms with Crippen LogP contribution in [0, 0.1) is 0 Å². The van der Waals surface area contributed by atoms with E-state index in [1.807, 2.05) is 0 Å². The maximum atomic E-state index is 12.7. The van der Waals surface area contributed by atoms with Crippen LogP contribution in [0.25, 0.3) is 0 Å². The number of halogens is 1. The molecule has 0 radical (unpaired) electrons. The summed E-state index contributed by atoms with van der Waals surface area (Å²) in [5, 5.41) is 2.90. The number of carbonyl (C=O) groups excluding carboxylic acids is 8. The molecule has 2 heterocycles. The predicted octanol–water partition coefficient (Wildman–Crippen LogP) is 2.15. The van der Waals surface area contributed by atoms with Gasteiger partial charge in [-0.25, -0.2) is 0 Å². The van der Waals surface area contributed by atoms with Crippen LogP contribution < -0.4 is 5.32 Å². The van der Waals surface area contributed by atoms with Gasteiger partial charge in [-0.05, 0) is 17.7 Å². The van der Waals surface area contributed by atoms with E-state index in [2.05, 4.69) is 5.32 Å². The molecule has 0 saturated carbocycles. The maximum absolute atomic E-state index is 12.7. The Balaban J connectivity index is 2.14. The molecule has 0 aliphatic carbocycles. The van der Waals surface area contributed by atoms with Gasteiger partial charge < -0.3 is 52.7 Å². The first-order valence-electron chi connectivity index (χ1n) is 17.0. The summed E-state index contributed by atoms with van der Waals surface area (Å²) in [5.41, 5.74) is -0.161. The van der Waals surface area contributed by atoms with Gasteiger partial charge in [0.1, 0.15) is 37.0 Å². The molecule has 1 N–H and O–H groups in total. The van der Waals surface area contributed by atoms with Crippen LogP contribution >= 0.6 is 23.4 Å². The van der Waals surface area contributed by atoms with Gasteiger partial charge in [0.2, 0.25) is 5.91 Å². The van der Waals surface area contributed by atoms with Crippen molar-refractivity contribution in [2.75, 3.05) is 18.5 Å². The van der Waals surface area contributed by atoms with E-state index in [-0.39, 0.29) is 16.7 Å². The van der Waals surface area contributed by atoms with E-state index in [1.54, 1.807) is 18.2 Å².